The van der Waals surface area contributed by atoms with Crippen LogP contribution < -0.4 is 0 Å². The molecule has 28 heavy (non-hydrogen) atoms. The van der Waals surface area contributed by atoms with Crippen LogP contribution in [0.15, 0.2) is 54.7 Å². The van der Waals surface area contributed by atoms with Crippen molar-refractivity contribution in [1.29, 1.82) is 0 Å². The number of hydrazine groups is 1. The van der Waals surface area contributed by atoms with Crippen LogP contribution in [0.1, 0.15) is 42.8 Å². The lowest BCUT2D eigenvalue weighted by atomic mass is 10.2. The minimum Gasteiger partial charge on any atom is -0.392 e. The lowest BCUT2D eigenvalue weighted by molar-refractivity contribution is 0.00255. The highest BCUT2D eigenvalue weighted by molar-refractivity contribution is 8.09. The van der Waals surface area contributed by atoms with Gasteiger partial charge in [-0.25, -0.2) is 9.99 Å². The van der Waals surface area contributed by atoms with E-state index >= 15 is 0 Å². The predicted octanol–water partition coefficient (Wildman–Crippen LogP) is 4.50. The van der Waals surface area contributed by atoms with Gasteiger partial charge in [0.2, 0.25) is 0 Å². The molecule has 5 rings (SSSR count). The molecule has 0 aliphatic carbocycles. The number of thioether (sulfide) groups is 1. The molecule has 1 saturated heterocycles. The number of hydrogen-bond acceptors (Lipinski definition) is 5. The summed E-state index contributed by atoms with van der Waals surface area (Å²) in [5, 5.41) is 14.8. The molecule has 0 saturated carbocycles. The number of H-pyrrole nitrogens is 1. The Morgan fingerprint density at radius 2 is 2.04 bits per heavy atom. The van der Waals surface area contributed by atoms with E-state index in [4.69, 9.17) is 4.98 Å². The van der Waals surface area contributed by atoms with E-state index in [-0.39, 0.29) is 12.6 Å². The van der Waals surface area contributed by atoms with Crippen LogP contribution in [0.3, 0.4) is 0 Å². The zero-order valence-electron chi connectivity index (χ0n) is 15.9. The molecule has 2 atom stereocenters. The molecular formula is C22H24N4OS. The van der Waals surface area contributed by atoms with E-state index in [0.717, 1.165) is 41.8 Å². The van der Waals surface area contributed by atoms with E-state index in [1.807, 2.05) is 30.0 Å². The van der Waals surface area contributed by atoms with Crippen molar-refractivity contribution in [2.24, 2.45) is 0 Å². The summed E-state index contributed by atoms with van der Waals surface area (Å²) in [4.78, 5) is 9.69. The van der Waals surface area contributed by atoms with Crippen LogP contribution in [0.25, 0.3) is 15.9 Å². The molecule has 2 N–H and O–H groups in total. The molecule has 1 fully saturated rings. The van der Waals surface area contributed by atoms with Crippen molar-refractivity contribution >= 4 is 27.7 Å². The normalized spacial score (nSPS) is 22.9. The molecule has 2 aliphatic rings. The van der Waals surface area contributed by atoms with Gasteiger partial charge in [0.05, 0.1) is 29.1 Å². The standard InChI is InChI=1S/C22H24N4OS/c1-15-26(13-20(28-15)16-7-3-2-4-8-16)25-12-6-11-19(25)22-23-18-10-5-9-17(14-27)21(18)24-22/h2-5,7-10,13,15,19,27H,6,11-12,14H2,1H3,(H,23,24). The molecule has 3 aromatic rings. The van der Waals surface area contributed by atoms with Crippen LogP contribution in [0, 0.1) is 0 Å². The highest BCUT2D eigenvalue weighted by Crippen LogP contribution is 2.44. The Labute approximate surface area is 169 Å². The molecule has 2 unspecified atom stereocenters. The van der Waals surface area contributed by atoms with Gasteiger partial charge in [-0.1, -0.05) is 54.2 Å². The van der Waals surface area contributed by atoms with Gasteiger partial charge in [-0.2, -0.15) is 0 Å². The lowest BCUT2D eigenvalue weighted by Gasteiger charge is -2.35. The quantitative estimate of drug-likeness (QED) is 0.685. The van der Waals surface area contributed by atoms with E-state index in [0.29, 0.717) is 5.37 Å². The van der Waals surface area contributed by atoms with Crippen LogP contribution in [-0.4, -0.2) is 37.0 Å². The molecule has 5 nitrogen and oxygen atoms in total. The number of fused-ring (bicyclic) bond motifs is 1. The van der Waals surface area contributed by atoms with E-state index < -0.39 is 0 Å². The fraction of sp³-hybridized carbons (Fsp3) is 0.318. The maximum absolute atomic E-state index is 9.62. The van der Waals surface area contributed by atoms with Crippen LogP contribution in [0.2, 0.25) is 0 Å². The van der Waals surface area contributed by atoms with Crippen LogP contribution >= 0.6 is 11.8 Å². The average Bonchev–Trinajstić information content (AvgIpc) is 3.45. The summed E-state index contributed by atoms with van der Waals surface area (Å²) in [7, 11) is 0. The molecule has 0 amide bonds. The fourth-order valence-corrected chi connectivity index (χ4v) is 5.32. The maximum atomic E-state index is 9.62. The summed E-state index contributed by atoms with van der Waals surface area (Å²) in [5.74, 6) is 0.993. The van der Waals surface area contributed by atoms with Crippen molar-refractivity contribution < 1.29 is 5.11 Å². The van der Waals surface area contributed by atoms with Gasteiger partial charge in [0.1, 0.15) is 5.82 Å². The van der Waals surface area contributed by atoms with Gasteiger partial charge >= 0.3 is 0 Å². The number of benzene rings is 2. The third kappa shape index (κ3) is 3.02. The Hall–Kier alpha value is -2.28. The summed E-state index contributed by atoms with van der Waals surface area (Å²) in [6.07, 6.45) is 4.51. The zero-order chi connectivity index (χ0) is 19.1. The summed E-state index contributed by atoms with van der Waals surface area (Å²) in [6.45, 7) is 3.30. The molecule has 2 aliphatic heterocycles. The molecule has 144 valence electrons. The van der Waals surface area contributed by atoms with Crippen molar-refractivity contribution in [3.05, 3.63) is 71.7 Å². The molecule has 6 heteroatoms. The monoisotopic (exact) mass is 392 g/mol. The smallest absolute Gasteiger partial charge is 0.126 e. The first-order chi connectivity index (χ1) is 13.7. The van der Waals surface area contributed by atoms with Crippen molar-refractivity contribution in [3.63, 3.8) is 0 Å². The number of para-hydroxylation sites is 1. The SMILES string of the molecule is CC1SC(c2ccccc2)=CN1N1CCCC1c1nc2c(CO)cccc2[nH]1. The van der Waals surface area contributed by atoms with Gasteiger partial charge in [0.25, 0.3) is 0 Å². The Morgan fingerprint density at radius 1 is 1.18 bits per heavy atom. The van der Waals surface area contributed by atoms with E-state index in [1.165, 1.54) is 10.5 Å². The Balaban J connectivity index is 1.46. The first-order valence-corrected chi connectivity index (χ1v) is 10.7. The zero-order valence-corrected chi connectivity index (χ0v) is 16.7. The number of rotatable bonds is 4. The number of aromatic amines is 1. The number of nitrogens with one attached hydrogen (secondary N) is 1. The topological polar surface area (TPSA) is 55.4 Å². The van der Waals surface area contributed by atoms with Crippen molar-refractivity contribution in [2.75, 3.05) is 6.54 Å². The lowest BCUT2D eigenvalue weighted by Crippen LogP contribution is -2.41. The molecule has 2 aromatic carbocycles. The first-order valence-electron chi connectivity index (χ1n) is 9.82. The maximum Gasteiger partial charge on any atom is 0.126 e. The second kappa shape index (κ2) is 7.28. The van der Waals surface area contributed by atoms with Gasteiger partial charge in [-0.05, 0) is 31.4 Å². The molecule has 1 aromatic heterocycles. The number of imidazole rings is 1. The second-order valence-electron chi connectivity index (χ2n) is 7.37. The van der Waals surface area contributed by atoms with E-state index in [1.54, 1.807) is 0 Å². The van der Waals surface area contributed by atoms with E-state index in [9.17, 15) is 5.11 Å². The third-order valence-electron chi connectivity index (χ3n) is 5.60. The molecule has 0 radical (unpaired) electrons. The number of aliphatic hydroxyl groups is 1. The van der Waals surface area contributed by atoms with Gasteiger partial charge in [0.15, 0.2) is 0 Å². The summed E-state index contributed by atoms with van der Waals surface area (Å²) in [5.41, 5.74) is 4.03. The fourth-order valence-electron chi connectivity index (χ4n) is 4.22. The Kier molecular flexibility index (Phi) is 4.62. The largest absolute Gasteiger partial charge is 0.392 e. The van der Waals surface area contributed by atoms with Crippen molar-refractivity contribution in [2.45, 2.75) is 37.8 Å². The van der Waals surface area contributed by atoms with Gasteiger partial charge in [-0.3, -0.25) is 5.01 Å². The predicted molar refractivity (Wildman–Crippen MR) is 114 cm³/mol. The van der Waals surface area contributed by atoms with Gasteiger partial charge < -0.3 is 10.1 Å². The van der Waals surface area contributed by atoms with Gasteiger partial charge in [0, 0.05) is 23.2 Å². The minimum absolute atomic E-state index is 0.0129. The first kappa shape index (κ1) is 17.8. The third-order valence-corrected chi connectivity index (χ3v) is 6.75. The van der Waals surface area contributed by atoms with Gasteiger partial charge in [-0.15, -0.1) is 0 Å². The average molecular weight is 393 g/mol. The highest BCUT2D eigenvalue weighted by Gasteiger charge is 2.36. The summed E-state index contributed by atoms with van der Waals surface area (Å²) in [6, 6.07) is 16.8. The van der Waals surface area contributed by atoms with Crippen molar-refractivity contribution in [1.82, 2.24) is 20.0 Å². The van der Waals surface area contributed by atoms with Crippen molar-refractivity contribution in [3.8, 4) is 0 Å². The molecule has 0 spiro atoms. The Morgan fingerprint density at radius 3 is 2.86 bits per heavy atom. The minimum atomic E-state index is 0.0129. The van der Waals surface area contributed by atoms with Crippen LogP contribution in [0.4, 0.5) is 0 Å². The molecule has 3 heterocycles. The number of hydrogen-bond donors (Lipinski definition) is 2. The number of nitrogens with zero attached hydrogens (tertiary/aromatic N) is 3. The Bertz CT molecular complexity index is 1020. The number of aromatic nitrogens is 2. The summed E-state index contributed by atoms with van der Waals surface area (Å²) >= 11 is 1.90. The van der Waals surface area contributed by atoms with E-state index in [2.05, 4.69) is 58.5 Å². The second-order valence-corrected chi connectivity index (χ2v) is 8.73. The summed E-state index contributed by atoms with van der Waals surface area (Å²) < 4.78 is 0. The number of aliphatic hydroxyl groups excluding tert-OH is 1. The molecule has 0 bridgehead atoms. The highest BCUT2D eigenvalue weighted by atomic mass is 32.2. The van der Waals surface area contributed by atoms with Crippen LogP contribution in [0.5, 0.6) is 0 Å². The van der Waals surface area contributed by atoms with Crippen LogP contribution in [-0.2, 0) is 6.61 Å². The molecular weight excluding hydrogens is 368 g/mol.